The Labute approximate surface area is 82.5 Å². The molecule has 2 nitrogen and oxygen atoms in total. The summed E-state index contributed by atoms with van der Waals surface area (Å²) in [7, 11) is 1.70. The predicted molar refractivity (Wildman–Crippen MR) is 55.4 cm³/mol. The molecule has 70 valence electrons. The summed E-state index contributed by atoms with van der Waals surface area (Å²) in [6, 6.07) is 6.51. The number of thioether (sulfide) groups is 1. The van der Waals surface area contributed by atoms with Gasteiger partial charge in [-0.15, -0.1) is 11.8 Å². The Bertz CT molecular complexity index is 314. The molecule has 0 spiro atoms. The van der Waals surface area contributed by atoms with Crippen molar-refractivity contribution in [1.82, 2.24) is 0 Å². The lowest BCUT2D eigenvalue weighted by Crippen LogP contribution is -2.28. The van der Waals surface area contributed by atoms with E-state index in [1.165, 1.54) is 10.5 Å². The third kappa shape index (κ3) is 1.81. The summed E-state index contributed by atoms with van der Waals surface area (Å²) in [5, 5.41) is 0. The topological polar surface area (TPSA) is 35.2 Å². The fourth-order valence-electron chi connectivity index (χ4n) is 1.50. The van der Waals surface area contributed by atoms with E-state index in [1.807, 2.05) is 17.8 Å². The largest absolute Gasteiger partial charge is 0.497 e. The first kappa shape index (κ1) is 8.91. The van der Waals surface area contributed by atoms with Gasteiger partial charge in [0.1, 0.15) is 5.75 Å². The molecule has 0 radical (unpaired) electrons. The molecule has 0 saturated heterocycles. The first-order valence-corrected chi connectivity index (χ1v) is 5.33. The molecule has 3 heteroatoms. The Morgan fingerprint density at radius 2 is 2.38 bits per heavy atom. The molecule has 13 heavy (non-hydrogen) atoms. The van der Waals surface area contributed by atoms with Gasteiger partial charge in [0.05, 0.1) is 7.11 Å². The van der Waals surface area contributed by atoms with Gasteiger partial charge in [-0.05, 0) is 24.1 Å². The van der Waals surface area contributed by atoms with E-state index in [0.29, 0.717) is 6.04 Å². The summed E-state index contributed by atoms with van der Waals surface area (Å²) in [4.78, 5) is 1.32. The molecule has 0 fully saturated rings. The van der Waals surface area contributed by atoms with Crippen LogP contribution in [0.5, 0.6) is 5.75 Å². The summed E-state index contributed by atoms with van der Waals surface area (Å²) in [5.74, 6) is 1.95. The first-order valence-electron chi connectivity index (χ1n) is 4.35. The highest BCUT2D eigenvalue weighted by molar-refractivity contribution is 7.99. The molecule has 2 N–H and O–H groups in total. The lowest BCUT2D eigenvalue weighted by Gasteiger charge is -2.20. The predicted octanol–water partition coefficient (Wildman–Crippen LogP) is 1.67. The van der Waals surface area contributed by atoms with E-state index < -0.39 is 0 Å². The minimum atomic E-state index is 0.311. The van der Waals surface area contributed by atoms with Gasteiger partial charge in [0.2, 0.25) is 0 Å². The van der Waals surface area contributed by atoms with Crippen LogP contribution >= 0.6 is 11.8 Å². The molecule has 0 amide bonds. The van der Waals surface area contributed by atoms with Crippen molar-refractivity contribution in [2.75, 3.05) is 12.9 Å². The summed E-state index contributed by atoms with van der Waals surface area (Å²) >= 11 is 1.82. The maximum absolute atomic E-state index is 5.87. The van der Waals surface area contributed by atoms with E-state index in [9.17, 15) is 0 Å². The second kappa shape index (κ2) is 3.60. The number of fused-ring (bicyclic) bond motifs is 1. The van der Waals surface area contributed by atoms with Crippen molar-refractivity contribution in [2.24, 2.45) is 5.73 Å². The quantitative estimate of drug-likeness (QED) is 0.740. The van der Waals surface area contributed by atoms with E-state index in [0.717, 1.165) is 17.9 Å². The number of nitrogens with two attached hydrogens (primary N) is 1. The zero-order valence-electron chi connectivity index (χ0n) is 7.62. The minimum absolute atomic E-state index is 0.311. The summed E-state index contributed by atoms with van der Waals surface area (Å²) in [5.41, 5.74) is 7.22. The molecular formula is C10H13NOS. The normalized spacial score (nSPS) is 20.9. The van der Waals surface area contributed by atoms with Crippen molar-refractivity contribution in [2.45, 2.75) is 17.4 Å². The maximum Gasteiger partial charge on any atom is 0.119 e. The highest BCUT2D eigenvalue weighted by Gasteiger charge is 2.15. The van der Waals surface area contributed by atoms with Gasteiger partial charge >= 0.3 is 0 Å². The summed E-state index contributed by atoms with van der Waals surface area (Å²) < 4.78 is 5.16. The number of ether oxygens (including phenoxy) is 1. The molecule has 0 aromatic heterocycles. The van der Waals surface area contributed by atoms with Crippen molar-refractivity contribution in [3.63, 3.8) is 0 Å². The lowest BCUT2D eigenvalue weighted by molar-refractivity contribution is 0.413. The fraction of sp³-hybridized carbons (Fsp3) is 0.400. The lowest BCUT2D eigenvalue weighted by atomic mass is 10.1. The number of hydrogen-bond acceptors (Lipinski definition) is 3. The van der Waals surface area contributed by atoms with Crippen molar-refractivity contribution in [3.8, 4) is 5.75 Å². The summed E-state index contributed by atoms with van der Waals surface area (Å²) in [6.07, 6.45) is 0.992. The van der Waals surface area contributed by atoms with Crippen LogP contribution in [0, 0.1) is 0 Å². The number of benzene rings is 1. The van der Waals surface area contributed by atoms with Gasteiger partial charge in [-0.3, -0.25) is 0 Å². The third-order valence-electron chi connectivity index (χ3n) is 2.21. The average molecular weight is 195 g/mol. The van der Waals surface area contributed by atoms with Crippen molar-refractivity contribution < 1.29 is 4.74 Å². The van der Waals surface area contributed by atoms with Crippen LogP contribution < -0.4 is 10.5 Å². The Hall–Kier alpha value is -0.670. The number of rotatable bonds is 1. The molecule has 1 unspecified atom stereocenters. The average Bonchev–Trinajstić information content (AvgIpc) is 2.17. The van der Waals surface area contributed by atoms with Crippen molar-refractivity contribution in [3.05, 3.63) is 23.8 Å². The Kier molecular flexibility index (Phi) is 2.47. The standard InChI is InChI=1S/C10H13NOS/c1-12-9-3-2-7-4-8(11)6-13-10(7)5-9/h2-3,5,8H,4,6,11H2,1H3. The van der Waals surface area contributed by atoms with Crippen LogP contribution in [-0.4, -0.2) is 18.9 Å². The van der Waals surface area contributed by atoms with Gasteiger partial charge in [0, 0.05) is 16.7 Å². The number of hydrogen-bond donors (Lipinski definition) is 1. The van der Waals surface area contributed by atoms with Gasteiger partial charge in [0.25, 0.3) is 0 Å². The molecule has 0 saturated carbocycles. The van der Waals surface area contributed by atoms with Gasteiger partial charge in [-0.2, -0.15) is 0 Å². The molecular weight excluding hydrogens is 182 g/mol. The van der Waals surface area contributed by atoms with Gasteiger partial charge in [0.15, 0.2) is 0 Å². The molecule has 0 bridgehead atoms. The monoisotopic (exact) mass is 195 g/mol. The molecule has 1 heterocycles. The Balaban J connectivity index is 2.31. The van der Waals surface area contributed by atoms with Crippen molar-refractivity contribution in [1.29, 1.82) is 0 Å². The highest BCUT2D eigenvalue weighted by Crippen LogP contribution is 2.32. The Morgan fingerprint density at radius 3 is 3.15 bits per heavy atom. The number of methoxy groups -OCH3 is 1. The highest BCUT2D eigenvalue weighted by atomic mass is 32.2. The van der Waals surface area contributed by atoms with Crippen LogP contribution in [0.1, 0.15) is 5.56 Å². The van der Waals surface area contributed by atoms with Crippen LogP contribution in [0.2, 0.25) is 0 Å². The van der Waals surface area contributed by atoms with E-state index in [2.05, 4.69) is 12.1 Å². The molecule has 0 aliphatic carbocycles. The van der Waals surface area contributed by atoms with Crippen LogP contribution in [-0.2, 0) is 6.42 Å². The SMILES string of the molecule is COc1ccc2c(c1)SCC(N)C2. The van der Waals surface area contributed by atoms with E-state index in [1.54, 1.807) is 7.11 Å². The van der Waals surface area contributed by atoms with Gasteiger partial charge in [-0.25, -0.2) is 0 Å². The van der Waals surface area contributed by atoms with E-state index in [-0.39, 0.29) is 0 Å². The second-order valence-electron chi connectivity index (χ2n) is 3.25. The van der Waals surface area contributed by atoms with Crippen LogP contribution in [0.3, 0.4) is 0 Å². The molecule has 1 aliphatic rings. The van der Waals surface area contributed by atoms with Crippen LogP contribution in [0.25, 0.3) is 0 Å². The van der Waals surface area contributed by atoms with Gasteiger partial charge in [-0.1, -0.05) is 6.07 Å². The first-order chi connectivity index (χ1) is 6.29. The second-order valence-corrected chi connectivity index (χ2v) is 4.31. The third-order valence-corrected chi connectivity index (χ3v) is 3.50. The molecule has 2 rings (SSSR count). The van der Waals surface area contributed by atoms with Gasteiger partial charge < -0.3 is 10.5 Å². The zero-order chi connectivity index (χ0) is 9.26. The van der Waals surface area contributed by atoms with Crippen LogP contribution in [0.4, 0.5) is 0 Å². The maximum atomic E-state index is 5.87. The molecule has 1 aromatic carbocycles. The van der Waals surface area contributed by atoms with Crippen molar-refractivity contribution >= 4 is 11.8 Å². The zero-order valence-corrected chi connectivity index (χ0v) is 8.43. The van der Waals surface area contributed by atoms with Crippen LogP contribution in [0.15, 0.2) is 23.1 Å². The smallest absolute Gasteiger partial charge is 0.119 e. The fourth-order valence-corrected chi connectivity index (χ4v) is 2.55. The Morgan fingerprint density at radius 1 is 1.54 bits per heavy atom. The molecule has 1 atom stereocenters. The minimum Gasteiger partial charge on any atom is -0.497 e. The van der Waals surface area contributed by atoms with E-state index in [4.69, 9.17) is 10.5 Å². The summed E-state index contributed by atoms with van der Waals surface area (Å²) in [6.45, 7) is 0. The molecule has 1 aromatic rings. The molecule has 1 aliphatic heterocycles. The van der Waals surface area contributed by atoms with E-state index >= 15 is 0 Å².